The number of aryl methyl sites for hydroxylation is 1. The van der Waals surface area contributed by atoms with Crippen LogP contribution in [0.4, 0.5) is 0 Å². The lowest BCUT2D eigenvalue weighted by molar-refractivity contribution is -0.109. The molecular formula is C13H15BrO. The predicted molar refractivity (Wildman–Crippen MR) is 65.1 cm³/mol. The van der Waals surface area contributed by atoms with Crippen LogP contribution >= 0.6 is 15.9 Å². The number of hydrogen-bond acceptors (Lipinski definition) is 1. The molecule has 0 amide bonds. The van der Waals surface area contributed by atoms with Crippen molar-refractivity contribution in [3.05, 3.63) is 33.8 Å². The zero-order chi connectivity index (χ0) is 10.9. The van der Waals surface area contributed by atoms with Gasteiger partial charge in [0.1, 0.15) is 6.29 Å². The van der Waals surface area contributed by atoms with Gasteiger partial charge >= 0.3 is 0 Å². The van der Waals surface area contributed by atoms with Crippen LogP contribution in [0, 0.1) is 0 Å². The quantitative estimate of drug-likeness (QED) is 0.761. The first kappa shape index (κ1) is 10.9. The van der Waals surface area contributed by atoms with Gasteiger partial charge in [-0.1, -0.05) is 41.4 Å². The molecule has 0 aromatic heterocycles. The van der Waals surface area contributed by atoms with Crippen LogP contribution in [0.5, 0.6) is 0 Å². The molecule has 1 aliphatic carbocycles. The second-order valence-electron chi connectivity index (χ2n) is 4.33. The second-order valence-corrected chi connectivity index (χ2v) is 5.18. The minimum Gasteiger partial charge on any atom is -0.302 e. The highest BCUT2D eigenvalue weighted by atomic mass is 79.9. The third-order valence-electron chi connectivity index (χ3n) is 3.16. The number of carbonyl (C=O) groups is 1. The number of carbonyl (C=O) groups excluding carboxylic acids is 1. The molecular weight excluding hydrogens is 252 g/mol. The molecule has 1 aromatic rings. The Balaban J connectivity index is 2.29. The summed E-state index contributed by atoms with van der Waals surface area (Å²) >= 11 is 3.58. The first-order valence-corrected chi connectivity index (χ1v) is 6.26. The number of benzene rings is 1. The summed E-state index contributed by atoms with van der Waals surface area (Å²) in [6.45, 7) is 2.17. The van der Waals surface area contributed by atoms with Gasteiger partial charge in [-0.15, -0.1) is 0 Å². The number of aldehydes is 1. The molecule has 1 nitrogen and oxygen atoms in total. The summed E-state index contributed by atoms with van der Waals surface area (Å²) in [6.07, 6.45) is 5.37. The predicted octanol–water partition coefficient (Wildman–Crippen LogP) is 3.63. The Kier molecular flexibility index (Phi) is 2.96. The second kappa shape index (κ2) is 4.09. The molecule has 2 heteroatoms. The van der Waals surface area contributed by atoms with Crippen molar-refractivity contribution in [3.63, 3.8) is 0 Å². The lowest BCUT2D eigenvalue weighted by atomic mass is 9.96. The average Bonchev–Trinajstić information content (AvgIpc) is 3.02. The van der Waals surface area contributed by atoms with E-state index < -0.39 is 0 Å². The monoisotopic (exact) mass is 266 g/mol. The third-order valence-corrected chi connectivity index (χ3v) is 3.90. The van der Waals surface area contributed by atoms with E-state index in [4.69, 9.17) is 0 Å². The summed E-state index contributed by atoms with van der Waals surface area (Å²) in [4.78, 5) is 11.0. The fourth-order valence-corrected chi connectivity index (χ4v) is 2.52. The molecule has 0 radical (unpaired) electrons. The first-order chi connectivity index (χ1) is 7.22. The summed E-state index contributed by atoms with van der Waals surface area (Å²) in [5.41, 5.74) is 2.36. The molecule has 0 saturated heterocycles. The van der Waals surface area contributed by atoms with E-state index in [0.717, 1.165) is 36.4 Å². The maximum absolute atomic E-state index is 11.0. The standard InChI is InChI=1S/C13H15BrO/c1-2-3-10-4-5-11(8-12(10)14)13(9-15)6-7-13/h4-5,8-9H,2-3,6-7H2,1H3. The van der Waals surface area contributed by atoms with Gasteiger partial charge in [-0.2, -0.15) is 0 Å². The van der Waals surface area contributed by atoms with Gasteiger partial charge in [-0.3, -0.25) is 0 Å². The smallest absolute Gasteiger partial charge is 0.130 e. The molecule has 0 bridgehead atoms. The number of hydrogen-bond donors (Lipinski definition) is 0. The van der Waals surface area contributed by atoms with Crippen molar-refractivity contribution in [2.24, 2.45) is 0 Å². The molecule has 0 unspecified atom stereocenters. The lowest BCUT2D eigenvalue weighted by Gasteiger charge is -2.10. The highest BCUT2D eigenvalue weighted by Crippen LogP contribution is 2.47. The molecule has 0 aliphatic heterocycles. The van der Waals surface area contributed by atoms with Gasteiger partial charge in [0.2, 0.25) is 0 Å². The fourth-order valence-electron chi connectivity index (χ4n) is 1.94. The fraction of sp³-hybridized carbons (Fsp3) is 0.462. The Morgan fingerprint density at radius 2 is 2.20 bits per heavy atom. The van der Waals surface area contributed by atoms with Crippen molar-refractivity contribution in [3.8, 4) is 0 Å². The van der Waals surface area contributed by atoms with Gasteiger partial charge < -0.3 is 4.79 Å². The Hall–Kier alpha value is -0.630. The van der Waals surface area contributed by atoms with Crippen LogP contribution in [0.3, 0.4) is 0 Å². The molecule has 1 aliphatic rings. The largest absolute Gasteiger partial charge is 0.302 e. The summed E-state index contributed by atoms with van der Waals surface area (Å²) in [7, 11) is 0. The molecule has 0 N–H and O–H groups in total. The SMILES string of the molecule is CCCc1ccc(C2(C=O)CC2)cc1Br. The minimum absolute atomic E-state index is 0.146. The molecule has 80 valence electrons. The van der Waals surface area contributed by atoms with E-state index in [1.165, 1.54) is 11.1 Å². The molecule has 1 aromatic carbocycles. The molecule has 1 saturated carbocycles. The summed E-state index contributed by atoms with van der Waals surface area (Å²) in [6, 6.07) is 6.37. The minimum atomic E-state index is -0.146. The Bertz CT molecular complexity index is 380. The molecule has 2 rings (SSSR count). The number of rotatable bonds is 4. The van der Waals surface area contributed by atoms with Crippen LogP contribution in [0.15, 0.2) is 22.7 Å². The van der Waals surface area contributed by atoms with Crippen molar-refractivity contribution in [1.82, 2.24) is 0 Å². The molecule has 0 spiro atoms. The number of halogens is 1. The zero-order valence-electron chi connectivity index (χ0n) is 8.92. The van der Waals surface area contributed by atoms with Crippen molar-refractivity contribution in [2.45, 2.75) is 38.0 Å². The van der Waals surface area contributed by atoms with E-state index in [-0.39, 0.29) is 5.41 Å². The van der Waals surface area contributed by atoms with Crippen molar-refractivity contribution in [2.75, 3.05) is 0 Å². The van der Waals surface area contributed by atoms with Gasteiger partial charge in [0.25, 0.3) is 0 Å². The van der Waals surface area contributed by atoms with Crippen LogP contribution in [0.2, 0.25) is 0 Å². The third kappa shape index (κ3) is 2.00. The molecule has 0 heterocycles. The van der Waals surface area contributed by atoms with Gasteiger partial charge in [0, 0.05) is 4.47 Å². The van der Waals surface area contributed by atoms with Crippen LogP contribution < -0.4 is 0 Å². The van der Waals surface area contributed by atoms with Crippen molar-refractivity contribution >= 4 is 22.2 Å². The lowest BCUT2D eigenvalue weighted by Crippen LogP contribution is -2.07. The van der Waals surface area contributed by atoms with E-state index >= 15 is 0 Å². The summed E-state index contributed by atoms with van der Waals surface area (Å²) in [5, 5.41) is 0. The molecule has 15 heavy (non-hydrogen) atoms. The van der Waals surface area contributed by atoms with Gasteiger partial charge in [0.05, 0.1) is 5.41 Å². The summed E-state index contributed by atoms with van der Waals surface area (Å²) in [5.74, 6) is 0. The van der Waals surface area contributed by atoms with Crippen molar-refractivity contribution < 1.29 is 4.79 Å². The van der Waals surface area contributed by atoms with Crippen LogP contribution in [0.1, 0.15) is 37.3 Å². The normalized spacial score (nSPS) is 17.5. The van der Waals surface area contributed by atoms with Crippen LogP contribution in [0.25, 0.3) is 0 Å². The maximum atomic E-state index is 11.0. The zero-order valence-corrected chi connectivity index (χ0v) is 10.5. The van der Waals surface area contributed by atoms with Gasteiger partial charge in [-0.05, 0) is 36.5 Å². The highest BCUT2D eigenvalue weighted by Gasteiger charge is 2.44. The van der Waals surface area contributed by atoms with E-state index in [9.17, 15) is 4.79 Å². The first-order valence-electron chi connectivity index (χ1n) is 5.47. The van der Waals surface area contributed by atoms with E-state index in [0.29, 0.717) is 0 Å². The van der Waals surface area contributed by atoms with Gasteiger partial charge in [-0.25, -0.2) is 0 Å². The highest BCUT2D eigenvalue weighted by molar-refractivity contribution is 9.10. The van der Waals surface area contributed by atoms with E-state index in [1.54, 1.807) is 0 Å². The topological polar surface area (TPSA) is 17.1 Å². The molecule has 0 atom stereocenters. The Morgan fingerprint density at radius 3 is 2.67 bits per heavy atom. The maximum Gasteiger partial charge on any atom is 0.130 e. The average molecular weight is 267 g/mol. The van der Waals surface area contributed by atoms with Crippen LogP contribution in [-0.4, -0.2) is 6.29 Å². The van der Waals surface area contributed by atoms with Crippen LogP contribution in [-0.2, 0) is 16.6 Å². The molecule has 1 fully saturated rings. The van der Waals surface area contributed by atoms with E-state index in [2.05, 4.69) is 41.1 Å². The van der Waals surface area contributed by atoms with Crippen molar-refractivity contribution in [1.29, 1.82) is 0 Å². The summed E-state index contributed by atoms with van der Waals surface area (Å²) < 4.78 is 1.15. The van der Waals surface area contributed by atoms with E-state index in [1.807, 2.05) is 0 Å². The Morgan fingerprint density at radius 1 is 1.47 bits per heavy atom. The van der Waals surface area contributed by atoms with Gasteiger partial charge in [0.15, 0.2) is 0 Å². The Labute approximate surface area is 99.0 Å².